The molecule has 258 valence electrons. The molecule has 5 aromatic carbocycles. The molecule has 0 radical (unpaired) electrons. The topological polar surface area (TPSA) is 292 Å². The standard InChI is InChI=1S/C28H19N7O11S3.ClH.2Na/c29-30-16-1-3-18(4-2-16)35-47(39,40)19-7-5-17(6-8-19)31-34-27-24(36)10-9-22(28(27)38)32-33-23-13-20(48(41,42)43)11-15-12-21(49(44,45)46)14-25(37)26(15)23;;;/h1-14,35H,(H4-,31,33,36,37,38,41,42,43,44,45,46);1H;;/q;;2*+1/p-2. The number of diazo groups is 1. The smallest absolute Gasteiger partial charge is 1.00 e. The van der Waals surface area contributed by atoms with Crippen molar-refractivity contribution < 1.29 is 111 Å². The zero-order valence-electron chi connectivity index (χ0n) is 26.5. The fourth-order valence-electron chi connectivity index (χ4n) is 4.31. The first-order chi connectivity index (χ1) is 23.0. The molecule has 0 fully saturated rings. The quantitative estimate of drug-likeness (QED) is 0.0466. The summed E-state index contributed by atoms with van der Waals surface area (Å²) in [4.78, 5) is 26.6. The molecule has 5 aromatic rings. The van der Waals surface area contributed by atoms with E-state index in [4.69, 9.17) is 5.39 Å². The summed E-state index contributed by atoms with van der Waals surface area (Å²) in [6.45, 7) is 0. The summed E-state index contributed by atoms with van der Waals surface area (Å²) in [5.74, 6) is -0.806. The van der Waals surface area contributed by atoms with Crippen molar-refractivity contribution in [3.63, 3.8) is 0 Å². The average molecular weight is 806 g/mol. The zero-order valence-corrected chi connectivity index (χ0v) is 33.7. The molecular formula is C28H18ClN7Na2O11S3. The van der Waals surface area contributed by atoms with E-state index >= 15 is 0 Å². The first-order valence-electron chi connectivity index (χ1n) is 13.2. The van der Waals surface area contributed by atoms with Crippen molar-refractivity contribution in [3.8, 4) is 5.75 Å². The second kappa shape index (κ2) is 17.4. The molecule has 18 nitrogen and oxygen atoms in total. The Morgan fingerprint density at radius 1 is 0.692 bits per heavy atom. The maximum atomic E-state index is 13.1. The van der Waals surface area contributed by atoms with Gasteiger partial charge in [-0.25, -0.2) is 25.3 Å². The Morgan fingerprint density at radius 3 is 1.81 bits per heavy atom. The van der Waals surface area contributed by atoms with Crippen molar-refractivity contribution in [2.45, 2.75) is 14.7 Å². The van der Waals surface area contributed by atoms with Crippen molar-refractivity contribution >= 4 is 63.8 Å². The predicted molar refractivity (Wildman–Crippen MR) is 170 cm³/mol. The van der Waals surface area contributed by atoms with E-state index in [9.17, 15) is 49.1 Å². The van der Waals surface area contributed by atoms with Gasteiger partial charge in [0.05, 0.1) is 26.1 Å². The summed E-state index contributed by atoms with van der Waals surface area (Å²) in [6.07, 6.45) is 0. The second-order valence-electron chi connectivity index (χ2n) is 9.90. The van der Waals surface area contributed by atoms with E-state index in [-0.39, 0.29) is 110 Å². The number of phenolic OH excluding ortho intramolecular Hbond substituents is 1. The predicted octanol–water partition coefficient (Wildman–Crippen LogP) is -7.90. The number of benzene rings is 5. The maximum absolute atomic E-state index is 13.1. The molecule has 0 unspecified atom stereocenters. The SMILES string of the molecule is N#[N+]c1ccc(NS(=O)(=O)c2ccc(N/N=c3\c(=O)cc/c(=N\Nc4cc(S(=O)(=O)[O-])cc5cc(S(=O)(=O)[O-])cc(O)c45)c3=O)cc2)cc1.[Cl-].[Na+].[Na+]. The summed E-state index contributed by atoms with van der Waals surface area (Å²) in [5, 5.41) is 25.1. The first kappa shape index (κ1) is 44.4. The van der Waals surface area contributed by atoms with Crippen LogP contribution in [0.3, 0.4) is 0 Å². The van der Waals surface area contributed by atoms with Gasteiger partial charge >= 0.3 is 64.8 Å². The Hall–Kier alpha value is -3.76. The molecule has 0 aliphatic carbocycles. The molecule has 0 saturated heterocycles. The van der Waals surface area contributed by atoms with Gasteiger partial charge in [0, 0.05) is 23.2 Å². The number of nitrogens with zero attached hydrogens (tertiary/aromatic N) is 4. The number of aromatic hydroxyl groups is 1. The number of rotatable bonds is 9. The summed E-state index contributed by atoms with van der Waals surface area (Å²) >= 11 is 0. The fourth-order valence-corrected chi connectivity index (χ4v) is 6.43. The molecule has 0 bridgehead atoms. The number of nitrogens with one attached hydrogen (secondary N) is 3. The number of hydrogen-bond donors (Lipinski definition) is 4. The van der Waals surface area contributed by atoms with Gasteiger partial charge in [0.1, 0.15) is 31.3 Å². The molecule has 0 saturated carbocycles. The summed E-state index contributed by atoms with van der Waals surface area (Å²) < 4.78 is 97.5. The van der Waals surface area contributed by atoms with Gasteiger partial charge in [-0.3, -0.25) is 25.2 Å². The normalized spacial score (nSPS) is 12.1. The van der Waals surface area contributed by atoms with Crippen LogP contribution in [-0.2, 0) is 30.3 Å². The third-order valence-electron chi connectivity index (χ3n) is 6.62. The minimum Gasteiger partial charge on any atom is -1.00 e. The number of hydrogen-bond acceptors (Lipinski definition) is 16. The van der Waals surface area contributed by atoms with Gasteiger partial charge in [-0.1, -0.05) is 0 Å². The summed E-state index contributed by atoms with van der Waals surface area (Å²) in [5.41, 5.74) is 3.11. The van der Waals surface area contributed by atoms with Crippen molar-refractivity contribution in [3.05, 3.63) is 121 Å². The van der Waals surface area contributed by atoms with E-state index in [1.165, 1.54) is 48.5 Å². The van der Waals surface area contributed by atoms with Crippen LogP contribution in [-0.4, -0.2) is 39.5 Å². The van der Waals surface area contributed by atoms with Crippen LogP contribution in [0.25, 0.3) is 15.7 Å². The molecule has 52 heavy (non-hydrogen) atoms. The molecule has 0 aromatic heterocycles. The molecule has 4 N–H and O–H groups in total. The van der Waals surface area contributed by atoms with E-state index in [0.29, 0.717) is 6.07 Å². The minimum atomic E-state index is -5.16. The Bertz CT molecular complexity index is 2770. The molecule has 0 spiro atoms. The average Bonchev–Trinajstić information content (AvgIpc) is 3.03. The molecule has 0 atom stereocenters. The van der Waals surface area contributed by atoms with Crippen LogP contribution in [0.1, 0.15) is 0 Å². The van der Waals surface area contributed by atoms with Crippen LogP contribution in [0.4, 0.5) is 22.7 Å². The van der Waals surface area contributed by atoms with E-state index in [1.807, 2.05) is 0 Å². The van der Waals surface area contributed by atoms with Crippen LogP contribution < -0.4 is 109 Å². The van der Waals surface area contributed by atoms with E-state index in [0.717, 1.165) is 30.3 Å². The maximum Gasteiger partial charge on any atom is 1.00 e. The number of sulfonamides is 1. The Morgan fingerprint density at radius 2 is 1.25 bits per heavy atom. The van der Waals surface area contributed by atoms with Gasteiger partial charge in [-0.05, 0) is 78.2 Å². The molecule has 0 aliphatic rings. The Kier molecular flexibility index (Phi) is 14.8. The van der Waals surface area contributed by atoms with Gasteiger partial charge in [0.2, 0.25) is 16.3 Å². The monoisotopic (exact) mass is 805 g/mol. The van der Waals surface area contributed by atoms with Crippen LogP contribution in [0.5, 0.6) is 5.75 Å². The van der Waals surface area contributed by atoms with Crippen LogP contribution in [0.15, 0.2) is 119 Å². The minimum absolute atomic E-state index is 0. The molecule has 0 heterocycles. The molecule has 24 heteroatoms. The number of phenols is 1. The largest absolute Gasteiger partial charge is 1.00 e. The van der Waals surface area contributed by atoms with Crippen LogP contribution in [0.2, 0.25) is 0 Å². The van der Waals surface area contributed by atoms with Crippen LogP contribution >= 0.6 is 0 Å². The van der Waals surface area contributed by atoms with Gasteiger partial charge in [-0.15, -0.1) is 0 Å². The number of fused-ring (bicyclic) bond motifs is 1. The van der Waals surface area contributed by atoms with Gasteiger partial charge in [-0.2, -0.15) is 10.2 Å². The summed E-state index contributed by atoms with van der Waals surface area (Å²) in [6, 6.07) is 15.3. The van der Waals surface area contributed by atoms with Gasteiger partial charge < -0.3 is 26.6 Å². The third-order valence-corrected chi connectivity index (χ3v) is 9.64. The van der Waals surface area contributed by atoms with Gasteiger partial charge in [0.15, 0.2) is 10.3 Å². The van der Waals surface area contributed by atoms with E-state index < -0.39 is 67.4 Å². The van der Waals surface area contributed by atoms with E-state index in [1.54, 1.807) is 0 Å². The van der Waals surface area contributed by atoms with E-state index in [2.05, 4.69) is 30.8 Å². The molecule has 5 rings (SSSR count). The molecular weight excluding hydrogens is 788 g/mol. The Balaban J connectivity index is 0.00000312. The molecule has 0 amide bonds. The number of halogens is 1. The third kappa shape index (κ3) is 10.2. The number of anilines is 3. The first-order valence-corrected chi connectivity index (χ1v) is 17.5. The van der Waals surface area contributed by atoms with Crippen molar-refractivity contribution in [1.82, 2.24) is 0 Å². The van der Waals surface area contributed by atoms with Gasteiger partial charge in [0.25, 0.3) is 10.0 Å². The zero-order chi connectivity index (χ0) is 35.7. The molecule has 0 aliphatic heterocycles. The Labute approximate surface area is 344 Å². The van der Waals surface area contributed by atoms with Crippen molar-refractivity contribution in [1.29, 1.82) is 5.39 Å². The van der Waals surface area contributed by atoms with Crippen molar-refractivity contribution in [2.75, 3.05) is 15.6 Å². The fraction of sp³-hybridized carbons (Fsp3) is 0. The van der Waals surface area contributed by atoms with Crippen LogP contribution in [0, 0.1) is 5.39 Å². The summed E-state index contributed by atoms with van der Waals surface area (Å²) in [7, 11) is -14.3. The van der Waals surface area contributed by atoms with Crippen molar-refractivity contribution in [2.24, 2.45) is 10.2 Å². The second-order valence-corrected chi connectivity index (χ2v) is 14.3.